The molecule has 0 aliphatic carbocycles. The van der Waals surface area contributed by atoms with Crippen LogP contribution in [0.3, 0.4) is 0 Å². The molecular weight excluding hydrogens is 481 g/mol. The number of ether oxygens (including phenoxy) is 1. The van der Waals surface area contributed by atoms with E-state index in [1.165, 1.54) is 5.56 Å². The van der Waals surface area contributed by atoms with Gasteiger partial charge in [0.05, 0.1) is 25.5 Å². The van der Waals surface area contributed by atoms with Gasteiger partial charge in [-0.2, -0.15) is 0 Å². The maximum Gasteiger partial charge on any atom is 0.226 e. The Morgan fingerprint density at radius 3 is 2.62 bits per heavy atom. The van der Waals surface area contributed by atoms with E-state index < -0.39 is 0 Å². The molecule has 3 rings (SSSR count). The normalized spacial score (nSPS) is 16.2. The molecular formula is C21H32IN5O2. The second-order valence-electron chi connectivity index (χ2n) is 7.33. The zero-order chi connectivity index (χ0) is 19.8. The molecule has 7 nitrogen and oxygen atoms in total. The number of hydrogen-bond donors (Lipinski definition) is 2. The predicted octanol–water partition coefficient (Wildman–Crippen LogP) is 2.90. The van der Waals surface area contributed by atoms with Crippen LogP contribution >= 0.6 is 24.0 Å². The van der Waals surface area contributed by atoms with Crippen molar-refractivity contribution >= 4 is 29.9 Å². The Balaban J connectivity index is 0.00000300. The molecule has 2 N–H and O–H groups in total. The van der Waals surface area contributed by atoms with Crippen molar-refractivity contribution in [3.05, 3.63) is 41.8 Å². The molecule has 1 unspecified atom stereocenters. The number of halogens is 1. The van der Waals surface area contributed by atoms with Gasteiger partial charge >= 0.3 is 0 Å². The maximum absolute atomic E-state index is 5.61. The van der Waals surface area contributed by atoms with E-state index in [9.17, 15) is 0 Å². The smallest absolute Gasteiger partial charge is 0.226 e. The van der Waals surface area contributed by atoms with E-state index in [1.54, 1.807) is 13.3 Å². The summed E-state index contributed by atoms with van der Waals surface area (Å²) < 4.78 is 11.0. The van der Waals surface area contributed by atoms with Crippen LogP contribution < -0.4 is 10.6 Å². The van der Waals surface area contributed by atoms with E-state index in [0.29, 0.717) is 18.4 Å². The summed E-state index contributed by atoms with van der Waals surface area (Å²) in [5, 5.41) is 6.70. The summed E-state index contributed by atoms with van der Waals surface area (Å²) >= 11 is 0. The van der Waals surface area contributed by atoms with Crippen LogP contribution in [0.15, 0.2) is 39.9 Å². The van der Waals surface area contributed by atoms with Gasteiger partial charge in [0.25, 0.3) is 0 Å². The summed E-state index contributed by atoms with van der Waals surface area (Å²) in [5.41, 5.74) is 3.05. The Morgan fingerprint density at radius 2 is 1.93 bits per heavy atom. The van der Waals surface area contributed by atoms with Gasteiger partial charge in [0.15, 0.2) is 5.96 Å². The topological polar surface area (TPSA) is 74.9 Å². The molecule has 1 aliphatic heterocycles. The van der Waals surface area contributed by atoms with Crippen LogP contribution in [0.1, 0.15) is 18.2 Å². The van der Waals surface area contributed by atoms with Crippen molar-refractivity contribution in [2.24, 2.45) is 10.9 Å². The lowest BCUT2D eigenvalue weighted by Gasteiger charge is -2.29. The fourth-order valence-electron chi connectivity index (χ4n) is 3.17. The van der Waals surface area contributed by atoms with Gasteiger partial charge in [-0.1, -0.05) is 24.6 Å². The van der Waals surface area contributed by atoms with Crippen LogP contribution in [-0.2, 0) is 11.3 Å². The number of benzene rings is 1. The lowest BCUT2D eigenvalue weighted by molar-refractivity contribution is 0.0320. The summed E-state index contributed by atoms with van der Waals surface area (Å²) in [6, 6.07) is 8.16. The maximum atomic E-state index is 5.61. The average molecular weight is 513 g/mol. The fourth-order valence-corrected chi connectivity index (χ4v) is 3.17. The molecule has 0 radical (unpaired) electrons. The third-order valence-electron chi connectivity index (χ3n) is 4.80. The molecule has 1 atom stereocenters. The molecule has 2 aromatic rings. The summed E-state index contributed by atoms with van der Waals surface area (Å²) in [6.45, 7) is 10.5. The van der Waals surface area contributed by atoms with Crippen LogP contribution in [0.4, 0.5) is 0 Å². The van der Waals surface area contributed by atoms with Crippen molar-refractivity contribution in [2.75, 3.05) is 46.4 Å². The second-order valence-corrected chi connectivity index (χ2v) is 7.33. The summed E-state index contributed by atoms with van der Waals surface area (Å²) in [7, 11) is 1.78. The van der Waals surface area contributed by atoms with Gasteiger partial charge in [-0.05, 0) is 25.0 Å². The monoisotopic (exact) mass is 513 g/mol. The number of morpholine rings is 1. The van der Waals surface area contributed by atoms with Gasteiger partial charge < -0.3 is 19.8 Å². The van der Waals surface area contributed by atoms with Gasteiger partial charge in [0.2, 0.25) is 5.89 Å². The second kappa shape index (κ2) is 12.1. The Hall–Kier alpha value is -1.65. The average Bonchev–Trinajstić information content (AvgIpc) is 3.18. The van der Waals surface area contributed by atoms with E-state index >= 15 is 0 Å². The lowest BCUT2D eigenvalue weighted by atomic mass is 10.1. The molecule has 0 amide bonds. The highest BCUT2D eigenvalue weighted by Gasteiger charge is 2.14. The van der Waals surface area contributed by atoms with E-state index in [-0.39, 0.29) is 24.0 Å². The Labute approximate surface area is 190 Å². The number of nitrogens with one attached hydrogen (secondary N) is 2. The van der Waals surface area contributed by atoms with E-state index in [2.05, 4.69) is 51.5 Å². The first-order valence-corrected chi connectivity index (χ1v) is 9.90. The van der Waals surface area contributed by atoms with Crippen LogP contribution in [0.25, 0.3) is 11.5 Å². The first kappa shape index (κ1) is 23.6. The molecule has 1 saturated heterocycles. The van der Waals surface area contributed by atoms with Crippen LogP contribution in [0.2, 0.25) is 0 Å². The van der Waals surface area contributed by atoms with Gasteiger partial charge in [-0.15, -0.1) is 24.0 Å². The molecule has 1 aromatic heterocycles. The highest BCUT2D eigenvalue weighted by atomic mass is 127. The van der Waals surface area contributed by atoms with Crippen LogP contribution in [0.5, 0.6) is 0 Å². The number of nitrogens with zero attached hydrogens (tertiary/aromatic N) is 3. The number of guanidine groups is 1. The highest BCUT2D eigenvalue weighted by Crippen LogP contribution is 2.18. The summed E-state index contributed by atoms with van der Waals surface area (Å²) in [6.07, 6.45) is 1.69. The van der Waals surface area contributed by atoms with E-state index in [1.807, 2.05) is 12.1 Å². The van der Waals surface area contributed by atoms with Gasteiger partial charge in [0, 0.05) is 38.8 Å². The van der Waals surface area contributed by atoms with E-state index in [0.717, 1.165) is 56.6 Å². The molecule has 1 aliphatic rings. The molecule has 29 heavy (non-hydrogen) atoms. The number of aryl methyl sites for hydroxylation is 1. The molecule has 2 heterocycles. The molecule has 0 saturated carbocycles. The number of rotatable bonds is 7. The minimum atomic E-state index is 0. The largest absolute Gasteiger partial charge is 0.444 e. The first-order valence-electron chi connectivity index (χ1n) is 9.90. The summed E-state index contributed by atoms with van der Waals surface area (Å²) in [4.78, 5) is 11.3. The zero-order valence-electron chi connectivity index (χ0n) is 17.5. The van der Waals surface area contributed by atoms with E-state index in [4.69, 9.17) is 9.15 Å². The number of hydrogen-bond acceptors (Lipinski definition) is 5. The predicted molar refractivity (Wildman–Crippen MR) is 127 cm³/mol. The molecule has 160 valence electrons. The number of oxazole rings is 1. The minimum absolute atomic E-state index is 0. The summed E-state index contributed by atoms with van der Waals surface area (Å²) in [5.74, 6) is 1.93. The lowest BCUT2D eigenvalue weighted by Crippen LogP contribution is -2.43. The SMILES string of the molecule is CN=C(NCc1coc(-c2ccc(C)cc2)n1)NCC(C)CN1CCOCC1.I. The number of aromatic nitrogens is 1. The van der Waals surface area contributed by atoms with Crippen molar-refractivity contribution in [1.82, 2.24) is 20.5 Å². The number of aliphatic imine (C=N–C) groups is 1. The van der Waals surface area contributed by atoms with Crippen molar-refractivity contribution < 1.29 is 9.15 Å². The quantitative estimate of drug-likeness (QED) is 0.337. The Bertz CT molecular complexity index is 757. The first-order chi connectivity index (χ1) is 13.6. The van der Waals surface area contributed by atoms with Crippen molar-refractivity contribution in [1.29, 1.82) is 0 Å². The van der Waals surface area contributed by atoms with Crippen molar-refractivity contribution in [3.63, 3.8) is 0 Å². The zero-order valence-corrected chi connectivity index (χ0v) is 19.8. The Morgan fingerprint density at radius 1 is 1.21 bits per heavy atom. The molecule has 1 fully saturated rings. The molecule has 0 bridgehead atoms. The third-order valence-corrected chi connectivity index (χ3v) is 4.80. The molecule has 8 heteroatoms. The molecule has 0 spiro atoms. The minimum Gasteiger partial charge on any atom is -0.444 e. The van der Waals surface area contributed by atoms with Crippen LogP contribution in [0, 0.1) is 12.8 Å². The van der Waals surface area contributed by atoms with Crippen molar-refractivity contribution in [3.8, 4) is 11.5 Å². The third kappa shape index (κ3) is 7.60. The standard InChI is InChI=1S/C21H31N5O2.HI/c1-16-4-6-18(7-5-16)20-25-19(15-28-20)13-24-21(22-3)23-12-17(2)14-26-8-10-27-11-9-26;/h4-7,15,17H,8-14H2,1-3H3,(H2,22,23,24);1H. The molecule has 1 aromatic carbocycles. The van der Waals surface area contributed by atoms with Crippen LogP contribution in [-0.4, -0.2) is 62.3 Å². The van der Waals surface area contributed by atoms with Gasteiger partial charge in [-0.3, -0.25) is 9.89 Å². The van der Waals surface area contributed by atoms with Crippen molar-refractivity contribution in [2.45, 2.75) is 20.4 Å². The van der Waals surface area contributed by atoms with Gasteiger partial charge in [-0.25, -0.2) is 4.98 Å². The Kier molecular flexibility index (Phi) is 9.89. The fraction of sp³-hybridized carbons (Fsp3) is 0.524. The highest BCUT2D eigenvalue weighted by molar-refractivity contribution is 14.0. The van der Waals surface area contributed by atoms with Gasteiger partial charge in [0.1, 0.15) is 6.26 Å².